The summed E-state index contributed by atoms with van der Waals surface area (Å²) in [6.45, 7) is 2.43. The Hall–Kier alpha value is -2.21. The van der Waals surface area contributed by atoms with Crippen LogP contribution < -0.4 is 5.32 Å². The number of likely N-dealkylation sites (tertiary alicyclic amines) is 1. The van der Waals surface area contributed by atoms with Gasteiger partial charge in [-0.2, -0.15) is 0 Å². The van der Waals surface area contributed by atoms with Gasteiger partial charge in [0.2, 0.25) is 5.91 Å². The minimum absolute atomic E-state index is 0.0919. The molecule has 1 saturated heterocycles. The number of benzene rings is 1. The van der Waals surface area contributed by atoms with E-state index in [1.807, 2.05) is 37.3 Å². The molecule has 3 rings (SSSR count). The number of rotatable bonds is 3. The number of amides is 2. The number of hydrogen-bond donors (Lipinski definition) is 1. The maximum absolute atomic E-state index is 12.6. The molecule has 0 aliphatic carbocycles. The van der Waals surface area contributed by atoms with Gasteiger partial charge in [-0.1, -0.05) is 18.2 Å². The molecule has 1 aromatic carbocycles. The number of thiazole rings is 1. The molecule has 0 bridgehead atoms. The van der Waals surface area contributed by atoms with E-state index in [2.05, 4.69) is 10.3 Å². The van der Waals surface area contributed by atoms with Crippen molar-refractivity contribution in [3.63, 3.8) is 0 Å². The Morgan fingerprint density at radius 2 is 2.09 bits per heavy atom. The summed E-state index contributed by atoms with van der Waals surface area (Å²) in [5.41, 5.74) is 3.14. The van der Waals surface area contributed by atoms with E-state index in [9.17, 15) is 9.59 Å². The third-order valence-electron chi connectivity index (χ3n) is 3.80. The van der Waals surface area contributed by atoms with Crippen molar-refractivity contribution < 1.29 is 9.59 Å². The number of aromatic nitrogens is 1. The number of carbonyl (C=O) groups is 2. The Morgan fingerprint density at radius 1 is 1.32 bits per heavy atom. The first-order chi connectivity index (χ1) is 10.7. The molecule has 1 aliphatic rings. The van der Waals surface area contributed by atoms with E-state index in [4.69, 9.17) is 0 Å². The lowest BCUT2D eigenvalue weighted by molar-refractivity contribution is -0.119. The second-order valence-electron chi connectivity index (χ2n) is 5.28. The highest BCUT2D eigenvalue weighted by Crippen LogP contribution is 2.24. The van der Waals surface area contributed by atoms with Crippen LogP contribution in [-0.2, 0) is 4.79 Å². The molecule has 2 amide bonds. The Kier molecular flexibility index (Phi) is 4.20. The molecule has 22 heavy (non-hydrogen) atoms. The monoisotopic (exact) mass is 315 g/mol. The van der Waals surface area contributed by atoms with Crippen molar-refractivity contribution in [2.75, 3.05) is 11.9 Å². The minimum atomic E-state index is -0.408. The van der Waals surface area contributed by atoms with Gasteiger partial charge in [0.1, 0.15) is 10.9 Å². The van der Waals surface area contributed by atoms with Crippen LogP contribution in [0.4, 0.5) is 5.69 Å². The van der Waals surface area contributed by atoms with Gasteiger partial charge in [0.05, 0.1) is 11.2 Å². The highest BCUT2D eigenvalue weighted by Gasteiger charge is 2.35. The molecule has 1 fully saturated rings. The standard InChI is InChI=1S/C16H17N3O2S/c1-11-14(22-10-17-11)16(21)19-9-5-8-13(19)15(20)18-12-6-3-2-4-7-12/h2-4,6-7,10,13H,5,8-9H2,1H3,(H,18,20). The maximum Gasteiger partial charge on any atom is 0.266 e. The van der Waals surface area contributed by atoms with Crippen molar-refractivity contribution in [1.82, 2.24) is 9.88 Å². The third kappa shape index (κ3) is 2.87. The molecule has 0 saturated carbocycles. The molecule has 6 heteroatoms. The highest BCUT2D eigenvalue weighted by molar-refractivity contribution is 7.11. The molecule has 5 nitrogen and oxygen atoms in total. The fraction of sp³-hybridized carbons (Fsp3) is 0.312. The Bertz CT molecular complexity index is 684. The molecular formula is C16H17N3O2S. The zero-order valence-corrected chi connectivity index (χ0v) is 13.1. The van der Waals surface area contributed by atoms with E-state index in [1.165, 1.54) is 11.3 Å². The summed E-state index contributed by atoms with van der Waals surface area (Å²) in [5, 5.41) is 2.88. The lowest BCUT2D eigenvalue weighted by Gasteiger charge is -2.23. The van der Waals surface area contributed by atoms with Crippen LogP contribution in [0.2, 0.25) is 0 Å². The lowest BCUT2D eigenvalue weighted by atomic mass is 10.2. The number of aryl methyl sites for hydroxylation is 1. The van der Waals surface area contributed by atoms with Gasteiger partial charge in [0, 0.05) is 12.2 Å². The van der Waals surface area contributed by atoms with Gasteiger partial charge in [-0.05, 0) is 31.9 Å². The van der Waals surface area contributed by atoms with Crippen LogP contribution >= 0.6 is 11.3 Å². The van der Waals surface area contributed by atoms with Crippen LogP contribution in [0.1, 0.15) is 28.2 Å². The van der Waals surface area contributed by atoms with E-state index in [1.54, 1.807) is 10.4 Å². The summed E-state index contributed by atoms with van der Waals surface area (Å²) in [4.78, 5) is 31.5. The lowest BCUT2D eigenvalue weighted by Crippen LogP contribution is -2.43. The van der Waals surface area contributed by atoms with Crippen molar-refractivity contribution in [2.24, 2.45) is 0 Å². The molecule has 1 atom stereocenters. The highest BCUT2D eigenvalue weighted by atomic mass is 32.1. The second-order valence-corrected chi connectivity index (χ2v) is 6.13. The second kappa shape index (κ2) is 6.27. The van der Waals surface area contributed by atoms with Gasteiger partial charge >= 0.3 is 0 Å². The van der Waals surface area contributed by atoms with Crippen LogP contribution in [0.5, 0.6) is 0 Å². The van der Waals surface area contributed by atoms with Crippen LogP contribution in [-0.4, -0.2) is 34.3 Å². The Morgan fingerprint density at radius 3 is 2.77 bits per heavy atom. The maximum atomic E-state index is 12.6. The van der Waals surface area contributed by atoms with Crippen LogP contribution in [0.3, 0.4) is 0 Å². The number of para-hydroxylation sites is 1. The van der Waals surface area contributed by atoms with Crippen LogP contribution in [0, 0.1) is 6.92 Å². The first-order valence-corrected chi connectivity index (χ1v) is 8.12. The quantitative estimate of drug-likeness (QED) is 0.947. The van der Waals surface area contributed by atoms with Crippen LogP contribution in [0.15, 0.2) is 35.8 Å². The smallest absolute Gasteiger partial charge is 0.266 e. The van der Waals surface area contributed by atoms with E-state index in [-0.39, 0.29) is 11.8 Å². The SMILES string of the molecule is Cc1ncsc1C(=O)N1CCCC1C(=O)Nc1ccccc1. The molecule has 0 radical (unpaired) electrons. The summed E-state index contributed by atoms with van der Waals surface area (Å²) < 4.78 is 0. The first-order valence-electron chi connectivity index (χ1n) is 7.24. The molecule has 2 heterocycles. The summed E-state index contributed by atoms with van der Waals surface area (Å²) in [7, 11) is 0. The number of anilines is 1. The van der Waals surface area contributed by atoms with Gasteiger partial charge < -0.3 is 10.2 Å². The average molecular weight is 315 g/mol. The summed E-state index contributed by atoms with van der Waals surface area (Å²) in [6.07, 6.45) is 1.54. The summed E-state index contributed by atoms with van der Waals surface area (Å²) >= 11 is 1.33. The first kappa shape index (κ1) is 14.7. The number of hydrogen-bond acceptors (Lipinski definition) is 4. The van der Waals surface area contributed by atoms with Gasteiger partial charge in [-0.15, -0.1) is 11.3 Å². The van der Waals surface area contributed by atoms with Gasteiger partial charge in [0.15, 0.2) is 0 Å². The van der Waals surface area contributed by atoms with E-state index in [0.29, 0.717) is 17.8 Å². The number of nitrogens with zero attached hydrogens (tertiary/aromatic N) is 2. The molecule has 2 aromatic rings. The van der Waals surface area contributed by atoms with Crippen molar-refractivity contribution in [3.05, 3.63) is 46.4 Å². The van der Waals surface area contributed by atoms with E-state index >= 15 is 0 Å². The molecule has 1 unspecified atom stereocenters. The van der Waals surface area contributed by atoms with Crippen molar-refractivity contribution in [2.45, 2.75) is 25.8 Å². The Labute approximate surface area is 133 Å². The van der Waals surface area contributed by atoms with E-state index < -0.39 is 6.04 Å². The van der Waals surface area contributed by atoms with Crippen molar-refractivity contribution in [3.8, 4) is 0 Å². The van der Waals surface area contributed by atoms with Gasteiger partial charge in [-0.3, -0.25) is 9.59 Å². The summed E-state index contributed by atoms with van der Waals surface area (Å²) in [5.74, 6) is -0.218. The molecule has 1 aromatic heterocycles. The molecular weight excluding hydrogens is 298 g/mol. The van der Waals surface area contributed by atoms with Crippen molar-refractivity contribution in [1.29, 1.82) is 0 Å². The normalized spacial score (nSPS) is 17.5. The fourth-order valence-electron chi connectivity index (χ4n) is 2.67. The van der Waals surface area contributed by atoms with Crippen molar-refractivity contribution >= 4 is 28.8 Å². The van der Waals surface area contributed by atoms with Gasteiger partial charge in [-0.25, -0.2) is 4.98 Å². The van der Waals surface area contributed by atoms with Crippen LogP contribution in [0.25, 0.3) is 0 Å². The van der Waals surface area contributed by atoms with E-state index in [0.717, 1.165) is 17.8 Å². The number of carbonyl (C=O) groups excluding carboxylic acids is 2. The summed E-state index contributed by atoms with van der Waals surface area (Å²) in [6, 6.07) is 8.91. The predicted molar refractivity (Wildman–Crippen MR) is 86.0 cm³/mol. The van der Waals surface area contributed by atoms with Gasteiger partial charge in [0.25, 0.3) is 5.91 Å². The predicted octanol–water partition coefficient (Wildman–Crippen LogP) is 2.69. The zero-order valence-electron chi connectivity index (χ0n) is 12.3. The molecule has 0 spiro atoms. The topological polar surface area (TPSA) is 62.3 Å². The Balaban J connectivity index is 1.74. The molecule has 1 aliphatic heterocycles. The number of nitrogens with one attached hydrogen (secondary N) is 1. The average Bonchev–Trinajstić information content (AvgIpc) is 3.16. The zero-order chi connectivity index (χ0) is 15.5. The fourth-order valence-corrected chi connectivity index (χ4v) is 3.42. The third-order valence-corrected chi connectivity index (χ3v) is 4.71. The molecule has 1 N–H and O–H groups in total. The largest absolute Gasteiger partial charge is 0.326 e. The molecule has 114 valence electrons. The minimum Gasteiger partial charge on any atom is -0.326 e.